The van der Waals surface area contributed by atoms with Crippen molar-refractivity contribution in [3.05, 3.63) is 34.6 Å². The van der Waals surface area contributed by atoms with Gasteiger partial charge in [0.2, 0.25) is 17.4 Å². The maximum atomic E-state index is 12.9. The number of benzene rings is 1. The highest BCUT2D eigenvalue weighted by molar-refractivity contribution is 6.08. The number of amides is 1. The minimum atomic E-state index is -0.305. The summed E-state index contributed by atoms with van der Waals surface area (Å²) >= 11 is 0. The first-order valence-electron chi connectivity index (χ1n) is 9.60. The highest BCUT2D eigenvalue weighted by Crippen LogP contribution is 2.59. The van der Waals surface area contributed by atoms with Gasteiger partial charge in [-0.2, -0.15) is 0 Å². The monoisotopic (exact) mass is 399 g/mol. The van der Waals surface area contributed by atoms with Gasteiger partial charge >= 0.3 is 0 Å². The van der Waals surface area contributed by atoms with Gasteiger partial charge < -0.3 is 24.3 Å². The van der Waals surface area contributed by atoms with Gasteiger partial charge in [0.05, 0.1) is 40.4 Å². The highest BCUT2D eigenvalue weighted by atomic mass is 16.5. The molecule has 0 spiro atoms. The van der Waals surface area contributed by atoms with Crippen LogP contribution in [0.5, 0.6) is 17.2 Å². The van der Waals surface area contributed by atoms with E-state index < -0.39 is 0 Å². The number of carbonyl (C=O) groups excluding carboxylic acids is 2. The molecule has 1 unspecified atom stereocenters. The normalized spacial score (nSPS) is 24.4. The van der Waals surface area contributed by atoms with E-state index in [1.807, 2.05) is 12.1 Å². The van der Waals surface area contributed by atoms with Crippen LogP contribution in [0.2, 0.25) is 0 Å². The second-order valence-electron chi connectivity index (χ2n) is 7.44. The van der Waals surface area contributed by atoms with Gasteiger partial charge in [0, 0.05) is 18.4 Å². The molecule has 0 aliphatic heterocycles. The summed E-state index contributed by atoms with van der Waals surface area (Å²) in [5.41, 5.74) is 3.93. The molecule has 0 heterocycles. The number of hydrogen-bond donors (Lipinski definition) is 1. The van der Waals surface area contributed by atoms with Crippen molar-refractivity contribution >= 4 is 17.3 Å². The lowest BCUT2D eigenvalue weighted by Gasteiger charge is -2.40. The summed E-state index contributed by atoms with van der Waals surface area (Å²) in [5.74, 6) is 1.50. The van der Waals surface area contributed by atoms with Crippen LogP contribution in [0.1, 0.15) is 24.5 Å². The molecule has 0 saturated heterocycles. The Balaban J connectivity index is 1.96. The zero-order chi connectivity index (χ0) is 20.9. The summed E-state index contributed by atoms with van der Waals surface area (Å²) in [5, 5.41) is 3.03. The van der Waals surface area contributed by atoms with E-state index >= 15 is 0 Å². The largest absolute Gasteiger partial charge is 0.493 e. The van der Waals surface area contributed by atoms with Crippen molar-refractivity contribution in [1.82, 2.24) is 5.32 Å². The van der Waals surface area contributed by atoms with Crippen LogP contribution in [0, 0.1) is 11.8 Å². The molecule has 1 aromatic rings. The second-order valence-corrected chi connectivity index (χ2v) is 7.44. The number of aryl methyl sites for hydroxylation is 1. The fourth-order valence-electron chi connectivity index (χ4n) is 4.94. The van der Waals surface area contributed by atoms with Crippen LogP contribution in [-0.4, -0.2) is 46.2 Å². The molecule has 7 nitrogen and oxygen atoms in total. The molecule has 0 aromatic heterocycles. The molecule has 0 radical (unpaired) electrons. The van der Waals surface area contributed by atoms with Crippen molar-refractivity contribution in [2.75, 3.05) is 28.4 Å². The van der Waals surface area contributed by atoms with E-state index in [9.17, 15) is 9.59 Å². The number of methoxy groups -OCH3 is 4. The van der Waals surface area contributed by atoms with E-state index in [0.717, 1.165) is 22.3 Å². The fraction of sp³-hybridized carbons (Fsp3) is 0.455. The maximum absolute atomic E-state index is 12.9. The number of ketones is 1. The predicted octanol–water partition coefficient (Wildman–Crippen LogP) is 2.28. The van der Waals surface area contributed by atoms with Gasteiger partial charge in [-0.05, 0) is 41.7 Å². The third-order valence-electron chi connectivity index (χ3n) is 6.05. The summed E-state index contributed by atoms with van der Waals surface area (Å²) < 4.78 is 22.2. The first-order chi connectivity index (χ1) is 14.0. The van der Waals surface area contributed by atoms with Crippen molar-refractivity contribution in [2.45, 2.75) is 25.8 Å². The molecule has 1 N–H and O–H groups in total. The van der Waals surface area contributed by atoms with E-state index in [4.69, 9.17) is 18.9 Å². The molecule has 0 bridgehead atoms. The molecule has 29 heavy (non-hydrogen) atoms. The topological polar surface area (TPSA) is 83.1 Å². The number of ether oxygens (including phenoxy) is 4. The Bertz CT molecular complexity index is 961. The summed E-state index contributed by atoms with van der Waals surface area (Å²) in [6, 6.07) is 1.74. The van der Waals surface area contributed by atoms with E-state index in [1.165, 1.54) is 14.0 Å². The summed E-state index contributed by atoms with van der Waals surface area (Å²) in [6.45, 7) is 1.50. The van der Waals surface area contributed by atoms with E-state index in [2.05, 4.69) is 5.32 Å². The maximum Gasteiger partial charge on any atom is 0.217 e. The van der Waals surface area contributed by atoms with Crippen LogP contribution in [-0.2, 0) is 20.7 Å². The minimum Gasteiger partial charge on any atom is -0.493 e. The molecule has 3 atom stereocenters. The Morgan fingerprint density at radius 3 is 2.38 bits per heavy atom. The molecule has 3 aliphatic rings. The molecule has 154 valence electrons. The summed E-state index contributed by atoms with van der Waals surface area (Å²) in [6.07, 6.45) is 3.27. The van der Waals surface area contributed by atoms with Crippen LogP contribution in [0.3, 0.4) is 0 Å². The van der Waals surface area contributed by atoms with Gasteiger partial charge in [-0.1, -0.05) is 0 Å². The van der Waals surface area contributed by atoms with Gasteiger partial charge in [-0.3, -0.25) is 9.59 Å². The molecule has 1 aromatic carbocycles. The average Bonchev–Trinajstić information content (AvgIpc) is 2.89. The quantitative estimate of drug-likeness (QED) is 0.818. The standard InChI is InChI=1S/C22H25NO6/c1-10(24)23-13-7-6-11-8-15(27-3)21(28-4)22(29-5)16(11)17-12-9-14(26-2)20(25)18(12)19(13)17/h8-9,12-13,18H,6-7H2,1-5H3,(H,23,24)/t12-,13?,18-/m0/s1. The molecule has 0 saturated carbocycles. The zero-order valence-electron chi connectivity index (χ0n) is 17.3. The molecular formula is C22H25NO6. The number of fused-ring (bicyclic) bond motifs is 5. The SMILES string of the molecule is COC1=C[C@H]2C3=C(C(NC(C)=O)CCc4cc(OC)c(OC)c(OC)c43)[C@H]2C1=O. The third-order valence-corrected chi connectivity index (χ3v) is 6.05. The molecule has 1 amide bonds. The van der Waals surface area contributed by atoms with Gasteiger partial charge in [0.15, 0.2) is 17.3 Å². The Kier molecular flexibility index (Phi) is 4.76. The van der Waals surface area contributed by atoms with Crippen LogP contribution >= 0.6 is 0 Å². The molecule has 0 fully saturated rings. The Morgan fingerprint density at radius 1 is 1.07 bits per heavy atom. The zero-order valence-corrected chi connectivity index (χ0v) is 17.3. The Morgan fingerprint density at radius 2 is 1.79 bits per heavy atom. The molecular weight excluding hydrogens is 374 g/mol. The molecule has 3 aliphatic carbocycles. The van der Waals surface area contributed by atoms with Crippen LogP contribution in [0.15, 0.2) is 23.5 Å². The van der Waals surface area contributed by atoms with E-state index in [-0.39, 0.29) is 29.6 Å². The van der Waals surface area contributed by atoms with Crippen molar-refractivity contribution in [3.63, 3.8) is 0 Å². The number of carbonyl (C=O) groups is 2. The number of hydrogen-bond acceptors (Lipinski definition) is 6. The van der Waals surface area contributed by atoms with Crippen molar-refractivity contribution < 1.29 is 28.5 Å². The van der Waals surface area contributed by atoms with E-state index in [1.54, 1.807) is 21.3 Å². The Labute approximate surface area is 169 Å². The molecule has 7 heteroatoms. The highest BCUT2D eigenvalue weighted by Gasteiger charge is 2.54. The first-order valence-corrected chi connectivity index (χ1v) is 9.60. The second kappa shape index (κ2) is 7.13. The van der Waals surface area contributed by atoms with Crippen molar-refractivity contribution in [2.24, 2.45) is 11.8 Å². The number of allylic oxidation sites excluding steroid dienone is 3. The summed E-state index contributed by atoms with van der Waals surface area (Å²) in [7, 11) is 6.27. The third kappa shape index (κ3) is 2.71. The van der Waals surface area contributed by atoms with Gasteiger partial charge in [0.25, 0.3) is 0 Å². The summed E-state index contributed by atoms with van der Waals surface area (Å²) in [4.78, 5) is 24.7. The smallest absolute Gasteiger partial charge is 0.217 e. The fourth-order valence-corrected chi connectivity index (χ4v) is 4.94. The minimum absolute atomic E-state index is 0.0329. The van der Waals surface area contributed by atoms with Gasteiger partial charge in [-0.25, -0.2) is 0 Å². The lowest BCUT2D eigenvalue weighted by Crippen LogP contribution is -2.44. The van der Waals surface area contributed by atoms with Crippen molar-refractivity contribution in [3.8, 4) is 17.2 Å². The average molecular weight is 399 g/mol. The number of nitrogens with one attached hydrogen (secondary N) is 1. The lowest BCUT2D eigenvalue weighted by molar-refractivity contribution is -0.122. The van der Waals surface area contributed by atoms with Crippen LogP contribution in [0.25, 0.3) is 5.57 Å². The van der Waals surface area contributed by atoms with E-state index in [0.29, 0.717) is 35.8 Å². The first kappa shape index (κ1) is 19.4. The predicted molar refractivity (Wildman–Crippen MR) is 106 cm³/mol. The van der Waals surface area contributed by atoms with Gasteiger partial charge in [0.1, 0.15) is 0 Å². The number of rotatable bonds is 5. The Hall–Kier alpha value is -2.96. The van der Waals surface area contributed by atoms with Crippen LogP contribution in [0.4, 0.5) is 0 Å². The molecule has 4 rings (SSSR count). The van der Waals surface area contributed by atoms with Crippen LogP contribution < -0.4 is 19.5 Å². The number of Topliss-reactive ketones (excluding diaryl/α,β-unsaturated/α-hetero) is 1. The lowest BCUT2D eigenvalue weighted by atomic mass is 9.64. The van der Waals surface area contributed by atoms with Gasteiger partial charge in [-0.15, -0.1) is 0 Å². The van der Waals surface area contributed by atoms with Crippen molar-refractivity contribution in [1.29, 1.82) is 0 Å².